The van der Waals surface area contributed by atoms with E-state index in [1.54, 1.807) is 13.8 Å². The quantitative estimate of drug-likeness (QED) is 0.345. The Kier molecular flexibility index (Phi) is 9.88. The lowest BCUT2D eigenvalue weighted by atomic mass is 9.41. The van der Waals surface area contributed by atoms with Crippen LogP contribution in [0.2, 0.25) is 12.1 Å². The summed E-state index contributed by atoms with van der Waals surface area (Å²) in [5.41, 5.74) is -2.09. The minimum atomic E-state index is -0.930. The Bertz CT molecular complexity index is 650. The number of ether oxygens (including phenoxy) is 2. The van der Waals surface area contributed by atoms with Gasteiger partial charge in [0, 0.05) is 0 Å². The van der Waals surface area contributed by atoms with Crippen molar-refractivity contribution in [2.24, 2.45) is 34.0 Å². The molecule has 0 aromatic carbocycles. The van der Waals surface area contributed by atoms with Crippen LogP contribution in [0.25, 0.3) is 0 Å². The zero-order valence-corrected chi connectivity index (χ0v) is 21.8. The van der Waals surface area contributed by atoms with Gasteiger partial charge in [0.2, 0.25) is 0 Å². The van der Waals surface area contributed by atoms with Crippen molar-refractivity contribution in [2.75, 3.05) is 13.7 Å². The van der Waals surface area contributed by atoms with E-state index >= 15 is 0 Å². The molecule has 0 aliphatic carbocycles. The zero-order valence-electron chi connectivity index (χ0n) is 21.8. The fourth-order valence-corrected chi connectivity index (χ4v) is 4.67. The first kappa shape index (κ1) is 29.5. The molecule has 0 aromatic rings. The minimum absolute atomic E-state index is 0.277. The van der Waals surface area contributed by atoms with Crippen LogP contribution in [0.3, 0.4) is 0 Å². The van der Waals surface area contributed by atoms with Gasteiger partial charge in [0.05, 0.1) is 31.5 Å². The molecule has 31 heavy (non-hydrogen) atoms. The molecule has 7 heteroatoms. The molecule has 0 aromatic heterocycles. The maximum Gasteiger partial charge on any atom is 0.309 e. The Balaban J connectivity index is 6.36. The maximum absolute atomic E-state index is 12.9. The van der Waals surface area contributed by atoms with Crippen molar-refractivity contribution < 1.29 is 29.0 Å². The van der Waals surface area contributed by atoms with Crippen LogP contribution in [0.1, 0.15) is 75.7 Å². The molecule has 0 rings (SSSR count). The van der Waals surface area contributed by atoms with E-state index in [1.165, 1.54) is 7.11 Å². The van der Waals surface area contributed by atoms with Crippen molar-refractivity contribution in [1.29, 1.82) is 0 Å². The largest absolute Gasteiger partial charge is 0.481 e. The van der Waals surface area contributed by atoms with Crippen molar-refractivity contribution in [3.05, 3.63) is 0 Å². The standard InChI is InChI=1S/C24H45BO6/c1-13-31-19(28)15(2)21(3,4)14-16(18(26)27)22(5,6)23(7,8)17(20(29)30-12)24(9,10)25-11/h15-17,25H,13-14H2,1-12H3,(H,26,27). The van der Waals surface area contributed by atoms with Crippen LogP contribution in [-0.2, 0) is 23.9 Å². The molecule has 180 valence electrons. The second kappa shape index (κ2) is 10.4. The Hall–Kier alpha value is -1.53. The molecule has 6 nitrogen and oxygen atoms in total. The number of carbonyl (C=O) groups is 3. The van der Waals surface area contributed by atoms with E-state index in [4.69, 9.17) is 9.47 Å². The first-order chi connectivity index (χ1) is 13.8. The number of hydrogen-bond donors (Lipinski definition) is 1. The number of carbonyl (C=O) groups excluding carboxylic acids is 2. The fourth-order valence-electron chi connectivity index (χ4n) is 4.67. The number of aliphatic carboxylic acids is 1. The molecule has 0 spiro atoms. The SMILES string of the molecule is CBC(C)(C)C(C(=O)OC)C(C)(C)C(C)(C)C(CC(C)(C)C(C)C(=O)OCC)C(=O)O. The van der Waals surface area contributed by atoms with E-state index in [1.807, 2.05) is 62.2 Å². The molecule has 0 bridgehead atoms. The summed E-state index contributed by atoms with van der Waals surface area (Å²) < 4.78 is 10.4. The van der Waals surface area contributed by atoms with E-state index in [2.05, 4.69) is 0 Å². The summed E-state index contributed by atoms with van der Waals surface area (Å²) in [6.07, 6.45) is 0.277. The Morgan fingerprint density at radius 2 is 1.42 bits per heavy atom. The third-order valence-corrected chi connectivity index (χ3v) is 8.22. The molecule has 0 heterocycles. The van der Waals surface area contributed by atoms with E-state index in [0.717, 1.165) is 7.28 Å². The lowest BCUT2D eigenvalue weighted by molar-refractivity contribution is -0.168. The highest BCUT2D eigenvalue weighted by Gasteiger charge is 2.57. The van der Waals surface area contributed by atoms with Gasteiger partial charge in [-0.15, -0.1) is 0 Å². The molecule has 3 unspecified atom stereocenters. The van der Waals surface area contributed by atoms with Crippen molar-refractivity contribution in [2.45, 2.75) is 87.8 Å². The van der Waals surface area contributed by atoms with Crippen LogP contribution >= 0.6 is 0 Å². The Labute approximate surface area is 190 Å². The van der Waals surface area contributed by atoms with Crippen LogP contribution < -0.4 is 0 Å². The summed E-state index contributed by atoms with van der Waals surface area (Å²) in [4.78, 5) is 37.8. The smallest absolute Gasteiger partial charge is 0.309 e. The van der Waals surface area contributed by atoms with Gasteiger partial charge in [-0.3, -0.25) is 14.4 Å². The maximum atomic E-state index is 12.9. The minimum Gasteiger partial charge on any atom is -0.481 e. The van der Waals surface area contributed by atoms with E-state index in [0.29, 0.717) is 0 Å². The topological polar surface area (TPSA) is 89.9 Å². The second-order valence-electron chi connectivity index (χ2n) is 11.3. The van der Waals surface area contributed by atoms with E-state index in [-0.39, 0.29) is 30.3 Å². The van der Waals surface area contributed by atoms with Gasteiger partial charge in [-0.2, -0.15) is 0 Å². The van der Waals surface area contributed by atoms with Crippen LogP contribution in [0.4, 0.5) is 0 Å². The molecule has 0 fully saturated rings. The Morgan fingerprint density at radius 1 is 0.935 bits per heavy atom. The normalized spacial score (nSPS) is 16.1. The predicted octanol–water partition coefficient (Wildman–Crippen LogP) is 4.83. The average Bonchev–Trinajstić information content (AvgIpc) is 2.64. The third kappa shape index (κ3) is 6.26. The highest BCUT2D eigenvalue weighted by molar-refractivity contribution is 6.38. The summed E-state index contributed by atoms with van der Waals surface area (Å²) in [6, 6.07) is 0. The van der Waals surface area contributed by atoms with Gasteiger partial charge in [-0.05, 0) is 34.9 Å². The highest BCUT2D eigenvalue weighted by Crippen LogP contribution is 2.58. The lowest BCUT2D eigenvalue weighted by Gasteiger charge is -2.54. The number of methoxy groups -OCH3 is 1. The predicted molar refractivity (Wildman–Crippen MR) is 125 cm³/mol. The lowest BCUT2D eigenvalue weighted by Crippen LogP contribution is -2.53. The number of carboxylic acid groups (broad SMARTS) is 1. The third-order valence-electron chi connectivity index (χ3n) is 8.22. The number of rotatable bonds is 12. The van der Waals surface area contributed by atoms with Gasteiger partial charge in [0.15, 0.2) is 0 Å². The molecule has 1 N–H and O–H groups in total. The van der Waals surface area contributed by atoms with Gasteiger partial charge in [-0.1, -0.05) is 69.1 Å². The van der Waals surface area contributed by atoms with E-state index in [9.17, 15) is 19.5 Å². The van der Waals surface area contributed by atoms with Crippen LogP contribution in [-0.4, -0.2) is 44.0 Å². The van der Waals surface area contributed by atoms with Gasteiger partial charge in [0.1, 0.15) is 7.28 Å². The van der Waals surface area contributed by atoms with Crippen LogP contribution in [0.5, 0.6) is 0 Å². The molecule has 3 atom stereocenters. The van der Waals surface area contributed by atoms with Crippen molar-refractivity contribution in [3.63, 3.8) is 0 Å². The molecular formula is C24H45BO6. The first-order valence-electron chi connectivity index (χ1n) is 11.3. The van der Waals surface area contributed by atoms with E-state index < -0.39 is 40.0 Å². The van der Waals surface area contributed by atoms with Gasteiger partial charge >= 0.3 is 17.9 Å². The first-order valence-corrected chi connectivity index (χ1v) is 11.3. The fraction of sp³-hybridized carbons (Fsp3) is 0.875. The number of hydrogen-bond acceptors (Lipinski definition) is 5. The molecule has 0 amide bonds. The zero-order chi connectivity index (χ0) is 25.0. The van der Waals surface area contributed by atoms with Gasteiger partial charge in [-0.25, -0.2) is 0 Å². The average molecular weight is 440 g/mol. The summed E-state index contributed by atoms with van der Waals surface area (Å²) in [7, 11) is 2.12. The summed E-state index contributed by atoms with van der Waals surface area (Å²) in [5.74, 6) is -3.33. The van der Waals surface area contributed by atoms with Gasteiger partial charge < -0.3 is 14.6 Å². The molecule has 0 saturated carbocycles. The molecule has 0 saturated heterocycles. The van der Waals surface area contributed by atoms with Crippen molar-refractivity contribution in [1.82, 2.24) is 0 Å². The monoisotopic (exact) mass is 440 g/mol. The van der Waals surface area contributed by atoms with Crippen LogP contribution in [0.15, 0.2) is 0 Å². The summed E-state index contributed by atoms with van der Waals surface area (Å²) in [5, 5.41) is 9.88. The van der Waals surface area contributed by atoms with Gasteiger partial charge in [0.25, 0.3) is 0 Å². The summed E-state index contributed by atoms with van der Waals surface area (Å²) >= 11 is 0. The van der Waals surface area contributed by atoms with Crippen LogP contribution in [0, 0.1) is 34.0 Å². The molecule has 0 aliphatic heterocycles. The molecule has 0 aliphatic rings. The van der Waals surface area contributed by atoms with Crippen molar-refractivity contribution >= 4 is 25.2 Å². The Morgan fingerprint density at radius 3 is 1.77 bits per heavy atom. The summed E-state index contributed by atoms with van der Waals surface area (Å²) in [6.45, 7) is 21.5. The molecule has 0 radical (unpaired) electrons. The second-order valence-corrected chi connectivity index (χ2v) is 11.3. The number of carboxylic acids is 1. The van der Waals surface area contributed by atoms with Crippen molar-refractivity contribution in [3.8, 4) is 0 Å². The molecular weight excluding hydrogens is 395 g/mol. The highest BCUT2D eigenvalue weighted by atomic mass is 16.5. The number of esters is 2.